The van der Waals surface area contributed by atoms with Crippen LogP contribution in [0.4, 0.5) is 0 Å². The number of furan rings is 1. The summed E-state index contributed by atoms with van der Waals surface area (Å²) in [6.07, 6.45) is 2.91. The predicted octanol–water partition coefficient (Wildman–Crippen LogP) is 2.74. The average Bonchev–Trinajstić information content (AvgIpc) is 3.34. The molecule has 0 saturated carbocycles. The first-order valence-electron chi connectivity index (χ1n) is 8.65. The Morgan fingerprint density at radius 3 is 2.93 bits per heavy atom. The third-order valence-corrected chi connectivity index (χ3v) is 7.05. The lowest BCUT2D eigenvalue weighted by atomic mass is 9.99. The molecule has 0 aliphatic carbocycles. The second kappa shape index (κ2) is 6.11. The van der Waals surface area contributed by atoms with E-state index in [4.69, 9.17) is 4.42 Å². The van der Waals surface area contributed by atoms with Gasteiger partial charge in [0.25, 0.3) is 0 Å². The number of para-hydroxylation sites is 1. The van der Waals surface area contributed by atoms with Crippen LogP contribution in [0.5, 0.6) is 0 Å². The second-order valence-corrected chi connectivity index (χ2v) is 9.71. The van der Waals surface area contributed by atoms with Gasteiger partial charge in [0.15, 0.2) is 16.6 Å². The maximum Gasteiger partial charge on any atom is 0.235 e. The van der Waals surface area contributed by atoms with Gasteiger partial charge < -0.3 is 4.42 Å². The van der Waals surface area contributed by atoms with Gasteiger partial charge in [0.05, 0.1) is 6.26 Å². The molecule has 27 heavy (non-hydrogen) atoms. The number of hydrogen-bond donors (Lipinski definition) is 0. The Morgan fingerprint density at radius 1 is 1.26 bits per heavy atom. The van der Waals surface area contributed by atoms with Crippen LogP contribution in [0.1, 0.15) is 24.6 Å². The number of sulfonamides is 1. The molecule has 4 heterocycles. The molecule has 0 spiro atoms. The van der Waals surface area contributed by atoms with Crippen LogP contribution in [-0.4, -0.2) is 51.9 Å². The molecule has 1 aromatic carbocycles. The monoisotopic (exact) mass is 403 g/mol. The van der Waals surface area contributed by atoms with E-state index >= 15 is 0 Å². The van der Waals surface area contributed by atoms with Crippen LogP contribution in [0.2, 0.25) is 0 Å². The molecule has 0 N–H and O–H groups in total. The molecule has 1 aliphatic heterocycles. The molecule has 140 valence electrons. The zero-order valence-electron chi connectivity index (χ0n) is 14.6. The highest BCUT2D eigenvalue weighted by Gasteiger charge is 2.30. The van der Waals surface area contributed by atoms with E-state index in [1.54, 1.807) is 4.52 Å². The first-order valence-corrected chi connectivity index (χ1v) is 11.3. The van der Waals surface area contributed by atoms with Gasteiger partial charge in [-0.3, -0.25) is 0 Å². The summed E-state index contributed by atoms with van der Waals surface area (Å²) >= 11 is 1.41. The summed E-state index contributed by atoms with van der Waals surface area (Å²) in [5, 5.41) is 14.9. The summed E-state index contributed by atoms with van der Waals surface area (Å²) in [5.74, 6) is 1.38. The zero-order valence-corrected chi connectivity index (χ0v) is 16.2. The third-order valence-electron chi connectivity index (χ3n) is 4.87. The Bertz CT molecular complexity index is 1210. The summed E-state index contributed by atoms with van der Waals surface area (Å²) in [5.41, 5.74) is 0.815. The van der Waals surface area contributed by atoms with Crippen LogP contribution in [0.3, 0.4) is 0 Å². The number of fused-ring (bicyclic) bond motifs is 2. The smallest absolute Gasteiger partial charge is 0.235 e. The molecule has 4 aromatic rings. The van der Waals surface area contributed by atoms with Gasteiger partial charge in [0.2, 0.25) is 15.0 Å². The quantitative estimate of drug-likeness (QED) is 0.522. The van der Waals surface area contributed by atoms with Crippen molar-refractivity contribution in [1.82, 2.24) is 24.1 Å². The van der Waals surface area contributed by atoms with Crippen molar-refractivity contribution in [3.63, 3.8) is 0 Å². The number of benzene rings is 1. The highest BCUT2D eigenvalue weighted by Crippen LogP contribution is 2.33. The highest BCUT2D eigenvalue weighted by atomic mass is 32.2. The SMILES string of the molecule is CS(=O)(=O)N1CCCC(c2nnc3sc(-c4cc5ccccc5o4)nn23)C1. The fourth-order valence-corrected chi connectivity index (χ4v) is 5.24. The number of rotatable bonds is 3. The van der Waals surface area contributed by atoms with Gasteiger partial charge in [-0.1, -0.05) is 29.5 Å². The number of hydrogen-bond acceptors (Lipinski definition) is 7. The van der Waals surface area contributed by atoms with E-state index in [1.807, 2.05) is 30.3 Å². The van der Waals surface area contributed by atoms with Crippen molar-refractivity contribution in [2.45, 2.75) is 18.8 Å². The number of nitrogens with zero attached hydrogens (tertiary/aromatic N) is 5. The lowest BCUT2D eigenvalue weighted by Gasteiger charge is -2.29. The van der Waals surface area contributed by atoms with Crippen molar-refractivity contribution in [3.8, 4) is 10.8 Å². The largest absolute Gasteiger partial charge is 0.453 e. The predicted molar refractivity (Wildman–Crippen MR) is 102 cm³/mol. The van der Waals surface area contributed by atoms with Crippen molar-refractivity contribution in [2.75, 3.05) is 19.3 Å². The average molecular weight is 403 g/mol. The van der Waals surface area contributed by atoms with Crippen LogP contribution in [0.15, 0.2) is 34.7 Å². The Hall–Kier alpha value is -2.30. The molecule has 0 radical (unpaired) electrons. The second-order valence-electron chi connectivity index (χ2n) is 6.77. The van der Waals surface area contributed by atoms with Crippen molar-refractivity contribution >= 4 is 37.3 Å². The lowest BCUT2D eigenvalue weighted by Crippen LogP contribution is -2.38. The molecule has 1 saturated heterocycles. The summed E-state index contributed by atoms with van der Waals surface area (Å²) in [6, 6.07) is 9.78. The van der Waals surface area contributed by atoms with Gasteiger partial charge in [-0.2, -0.15) is 4.52 Å². The Morgan fingerprint density at radius 2 is 2.11 bits per heavy atom. The molecule has 1 unspecified atom stereocenters. The molecule has 1 fully saturated rings. The van der Waals surface area contributed by atoms with E-state index in [0.29, 0.717) is 29.6 Å². The zero-order chi connectivity index (χ0) is 18.6. The van der Waals surface area contributed by atoms with Gasteiger partial charge in [-0.05, 0) is 25.0 Å². The fraction of sp³-hybridized carbons (Fsp3) is 0.353. The summed E-state index contributed by atoms with van der Waals surface area (Å²) < 4.78 is 32.9. The highest BCUT2D eigenvalue weighted by molar-refractivity contribution is 7.88. The van der Waals surface area contributed by atoms with Gasteiger partial charge in [-0.15, -0.1) is 15.3 Å². The van der Waals surface area contributed by atoms with Crippen molar-refractivity contribution < 1.29 is 12.8 Å². The van der Waals surface area contributed by atoms with E-state index in [-0.39, 0.29) is 5.92 Å². The summed E-state index contributed by atoms with van der Waals surface area (Å²) in [4.78, 5) is 0.678. The van der Waals surface area contributed by atoms with E-state index < -0.39 is 10.0 Å². The Kier molecular flexibility index (Phi) is 3.81. The van der Waals surface area contributed by atoms with Crippen molar-refractivity contribution in [1.29, 1.82) is 0 Å². The molecular formula is C17H17N5O3S2. The minimum atomic E-state index is -3.21. The van der Waals surface area contributed by atoms with Gasteiger partial charge >= 0.3 is 0 Å². The minimum Gasteiger partial charge on any atom is -0.453 e. The van der Waals surface area contributed by atoms with E-state index in [1.165, 1.54) is 21.9 Å². The van der Waals surface area contributed by atoms with Crippen LogP contribution in [0.25, 0.3) is 26.7 Å². The van der Waals surface area contributed by atoms with Crippen LogP contribution in [-0.2, 0) is 10.0 Å². The van der Waals surface area contributed by atoms with E-state index in [9.17, 15) is 8.42 Å². The normalized spacial score (nSPS) is 19.2. The number of aromatic nitrogens is 4. The van der Waals surface area contributed by atoms with Gasteiger partial charge in [0.1, 0.15) is 5.58 Å². The Balaban J connectivity index is 1.52. The van der Waals surface area contributed by atoms with Gasteiger partial charge in [-0.25, -0.2) is 12.7 Å². The van der Waals surface area contributed by atoms with Gasteiger partial charge in [0, 0.05) is 24.4 Å². The molecule has 10 heteroatoms. The third kappa shape index (κ3) is 2.93. The van der Waals surface area contributed by atoms with E-state index in [0.717, 1.165) is 28.8 Å². The lowest BCUT2D eigenvalue weighted by molar-refractivity contribution is 0.309. The first kappa shape index (κ1) is 16.8. The molecule has 1 atom stereocenters. The standard InChI is InChI=1S/C17H17N5O3S2/c1-27(23,24)21-8-4-6-12(10-21)15-18-19-17-22(15)20-16(26-17)14-9-11-5-2-3-7-13(11)25-14/h2-3,5,7,9,12H,4,6,8,10H2,1H3. The van der Waals surface area contributed by atoms with Crippen LogP contribution < -0.4 is 0 Å². The number of piperidine rings is 1. The molecule has 5 rings (SSSR count). The summed E-state index contributed by atoms with van der Waals surface area (Å²) in [7, 11) is -3.21. The van der Waals surface area contributed by atoms with Crippen LogP contribution >= 0.6 is 11.3 Å². The summed E-state index contributed by atoms with van der Waals surface area (Å²) in [6.45, 7) is 0.968. The molecular weight excluding hydrogens is 386 g/mol. The molecule has 0 amide bonds. The van der Waals surface area contributed by atoms with Crippen molar-refractivity contribution in [3.05, 3.63) is 36.2 Å². The van der Waals surface area contributed by atoms with Crippen molar-refractivity contribution in [2.24, 2.45) is 0 Å². The fourth-order valence-electron chi connectivity index (χ4n) is 3.53. The molecule has 0 bridgehead atoms. The maximum absolute atomic E-state index is 11.9. The molecule has 3 aromatic heterocycles. The first-order chi connectivity index (χ1) is 13.0. The van der Waals surface area contributed by atoms with E-state index in [2.05, 4.69) is 15.3 Å². The molecule has 8 nitrogen and oxygen atoms in total. The molecule has 1 aliphatic rings. The van der Waals surface area contributed by atoms with Crippen LogP contribution in [0, 0.1) is 0 Å². The maximum atomic E-state index is 11.9. The Labute approximate surface area is 159 Å². The topological polar surface area (TPSA) is 93.6 Å². The minimum absolute atomic E-state index is 0.0194.